The number of hydrogen-bond donors (Lipinski definition) is 4. The number of alkyl halides is 2. The Labute approximate surface area is 265 Å². The fourth-order valence-corrected chi connectivity index (χ4v) is 8.80. The van der Waals surface area contributed by atoms with E-state index in [1.54, 1.807) is 12.2 Å². The normalized spacial score (nSPS) is 35.6. The third kappa shape index (κ3) is 5.42. The van der Waals surface area contributed by atoms with Gasteiger partial charge in [-0.05, 0) is 80.2 Å². The van der Waals surface area contributed by atoms with Gasteiger partial charge in [0.1, 0.15) is 5.60 Å². The molecular formula is C32H37Cl2N2O8. The molecule has 1 amide bonds. The van der Waals surface area contributed by atoms with Crippen LogP contribution in [-0.2, 0) is 14.4 Å². The highest BCUT2D eigenvalue weighted by atomic mass is 35.5. The van der Waals surface area contributed by atoms with Crippen LogP contribution in [0.4, 0.5) is 5.69 Å². The molecule has 1 aromatic carbocycles. The molecule has 9 atom stereocenters. The van der Waals surface area contributed by atoms with E-state index in [0.29, 0.717) is 12.8 Å². The van der Waals surface area contributed by atoms with E-state index < -0.39 is 56.1 Å². The van der Waals surface area contributed by atoms with E-state index in [1.165, 1.54) is 30.7 Å². The van der Waals surface area contributed by atoms with Crippen molar-refractivity contribution in [3.8, 4) is 0 Å². The number of fused-ring (bicyclic) bond motifs is 5. The number of nitro groups is 1. The summed E-state index contributed by atoms with van der Waals surface area (Å²) in [6.45, 7) is 3.92. The number of nitrogens with zero attached hydrogens (tertiary/aromatic N) is 1. The molecule has 3 saturated carbocycles. The largest absolute Gasteiger partial charge is 0.393 e. The summed E-state index contributed by atoms with van der Waals surface area (Å²) in [4.78, 5) is 47.3. The van der Waals surface area contributed by atoms with Gasteiger partial charge in [0.15, 0.2) is 16.4 Å². The van der Waals surface area contributed by atoms with Crippen LogP contribution < -0.4 is 5.32 Å². The lowest BCUT2D eigenvalue weighted by Gasteiger charge is -2.59. The molecule has 237 valence electrons. The molecule has 1 unspecified atom stereocenters. The lowest BCUT2D eigenvalue weighted by atomic mass is 9.46. The van der Waals surface area contributed by atoms with Crippen LogP contribution in [0, 0.1) is 45.1 Å². The minimum Gasteiger partial charge on any atom is -0.393 e. The van der Waals surface area contributed by atoms with Gasteiger partial charge in [-0.1, -0.05) is 48.7 Å². The highest BCUT2D eigenvalue weighted by Crippen LogP contribution is 2.67. The van der Waals surface area contributed by atoms with Gasteiger partial charge in [0.2, 0.25) is 0 Å². The zero-order chi connectivity index (χ0) is 32.2. The highest BCUT2D eigenvalue weighted by Gasteiger charge is 2.68. The summed E-state index contributed by atoms with van der Waals surface area (Å²) < 4.78 is 0. The summed E-state index contributed by atoms with van der Waals surface area (Å²) in [5, 5.41) is 48.3. The van der Waals surface area contributed by atoms with Gasteiger partial charge in [-0.3, -0.25) is 24.5 Å². The molecule has 0 aromatic heterocycles. The van der Waals surface area contributed by atoms with Crippen molar-refractivity contribution in [1.82, 2.24) is 5.32 Å². The van der Waals surface area contributed by atoms with Crippen LogP contribution >= 0.6 is 23.2 Å². The van der Waals surface area contributed by atoms with E-state index in [0.717, 1.165) is 12.0 Å². The summed E-state index contributed by atoms with van der Waals surface area (Å²) in [6.07, 6.45) is 6.44. The molecule has 5 rings (SSSR count). The summed E-state index contributed by atoms with van der Waals surface area (Å²) in [5.74, 6) is -1.58. The lowest BCUT2D eigenvalue weighted by Crippen LogP contribution is -2.61. The number of aliphatic hydroxyl groups excluding tert-OH is 2. The number of benzene rings is 1. The Morgan fingerprint density at radius 1 is 1.20 bits per heavy atom. The Bertz CT molecular complexity index is 1410. The fourth-order valence-electron chi connectivity index (χ4n) is 8.68. The molecule has 0 bridgehead atoms. The third-order valence-corrected chi connectivity index (χ3v) is 11.4. The second-order valence-electron chi connectivity index (χ2n) is 13.1. The number of nitrogens with one attached hydrogen (secondary N) is 1. The molecule has 44 heavy (non-hydrogen) atoms. The van der Waals surface area contributed by atoms with Crippen LogP contribution in [0.25, 0.3) is 0 Å². The molecule has 4 N–H and O–H groups in total. The maximum atomic E-state index is 13.9. The molecule has 3 fully saturated rings. The first kappa shape index (κ1) is 32.8. The Hall–Kier alpha value is -2.63. The molecule has 0 saturated heterocycles. The molecule has 4 aliphatic carbocycles. The Morgan fingerprint density at radius 2 is 1.89 bits per heavy atom. The molecule has 0 spiro atoms. The van der Waals surface area contributed by atoms with Crippen molar-refractivity contribution >= 4 is 46.4 Å². The predicted octanol–water partition coefficient (Wildman–Crippen LogP) is 4.09. The number of nitro benzene ring substituents is 1. The number of amides is 1. The first-order valence-corrected chi connectivity index (χ1v) is 15.7. The van der Waals surface area contributed by atoms with Crippen molar-refractivity contribution < 1.29 is 34.6 Å². The van der Waals surface area contributed by atoms with E-state index >= 15 is 0 Å². The molecular weight excluding hydrogens is 611 g/mol. The van der Waals surface area contributed by atoms with Gasteiger partial charge < -0.3 is 20.6 Å². The van der Waals surface area contributed by atoms with Crippen molar-refractivity contribution in [2.45, 2.75) is 81.1 Å². The Kier molecular flexibility index (Phi) is 8.89. The van der Waals surface area contributed by atoms with Gasteiger partial charge in [0.25, 0.3) is 11.6 Å². The average molecular weight is 649 g/mol. The van der Waals surface area contributed by atoms with Gasteiger partial charge in [-0.15, -0.1) is 0 Å². The van der Waals surface area contributed by atoms with Crippen LogP contribution in [0.2, 0.25) is 0 Å². The summed E-state index contributed by atoms with van der Waals surface area (Å²) >= 11 is 11.4. The molecule has 4 aliphatic rings. The first-order valence-electron chi connectivity index (χ1n) is 14.9. The van der Waals surface area contributed by atoms with E-state index in [2.05, 4.69) is 12.2 Å². The maximum Gasteiger partial charge on any atom is 0.269 e. The minimum atomic E-state index is -1.78. The second kappa shape index (κ2) is 11.9. The van der Waals surface area contributed by atoms with Crippen LogP contribution in [0.3, 0.4) is 0 Å². The van der Waals surface area contributed by atoms with Gasteiger partial charge >= 0.3 is 0 Å². The minimum absolute atomic E-state index is 0.0333. The van der Waals surface area contributed by atoms with Crippen molar-refractivity contribution in [1.29, 1.82) is 0 Å². The van der Waals surface area contributed by atoms with Crippen LogP contribution in [-0.4, -0.2) is 60.3 Å². The van der Waals surface area contributed by atoms with Crippen LogP contribution in [0.5, 0.6) is 0 Å². The first-order chi connectivity index (χ1) is 20.6. The number of ketones is 2. The number of allylic oxidation sites excluding steroid dienone is 4. The van der Waals surface area contributed by atoms with Gasteiger partial charge in [0.05, 0.1) is 23.2 Å². The summed E-state index contributed by atoms with van der Waals surface area (Å²) in [6, 6.07) is 4.04. The average Bonchev–Trinajstić information content (AvgIpc) is 3.25. The van der Waals surface area contributed by atoms with E-state index in [-0.39, 0.29) is 54.1 Å². The Morgan fingerprint density at radius 3 is 2.52 bits per heavy atom. The van der Waals surface area contributed by atoms with Crippen molar-refractivity contribution in [3.63, 3.8) is 0 Å². The van der Waals surface area contributed by atoms with E-state index in [9.17, 15) is 39.8 Å². The number of hydrogen-bond acceptors (Lipinski definition) is 8. The molecule has 0 aliphatic heterocycles. The number of aliphatic hydroxyl groups is 3. The monoisotopic (exact) mass is 647 g/mol. The number of halogens is 2. The number of carbonyl (C=O) groups excluding carboxylic acids is 3. The van der Waals surface area contributed by atoms with Crippen molar-refractivity contribution in [3.05, 3.63) is 70.2 Å². The topological polar surface area (TPSA) is 167 Å². The third-order valence-electron chi connectivity index (χ3n) is 11.0. The number of non-ortho nitro benzene ring substituents is 1. The lowest BCUT2D eigenvalue weighted by molar-refractivity contribution is -0.384. The van der Waals surface area contributed by atoms with Gasteiger partial charge in [-0.25, -0.2) is 0 Å². The molecule has 12 heteroatoms. The molecule has 1 radical (unpaired) electrons. The fraction of sp³-hybridized carbons (Fsp3) is 0.562. The van der Waals surface area contributed by atoms with Crippen LogP contribution in [0.1, 0.15) is 64.0 Å². The Balaban J connectivity index is 1.35. The summed E-state index contributed by atoms with van der Waals surface area (Å²) in [7, 11) is 0. The smallest absolute Gasteiger partial charge is 0.269 e. The second-order valence-corrected chi connectivity index (χ2v) is 14.2. The number of carbonyl (C=O) groups is 3. The molecule has 10 nitrogen and oxygen atoms in total. The zero-order valence-corrected chi connectivity index (χ0v) is 26.0. The standard InChI is InChI=1S/C32H37Cl2N2O8/c1-30-13-11-20(37)15-18(30)5-8-21-22-12-14-32(42,31(22,2)16-24(38)26(21)30)25(39)10-9-23(35-29(41)28(33)34)27(40)17-3-6-19(7-4-17)36(43)44/h3-4,6-7,10-11,13,15,21-24,26-28,38,40,42H,5,8-9,12,14,16H2,1-2H3,(H,35,41)/t21-,22-,23+,24-,26?,27+,30-,31-,32-/m0/s1. The number of rotatable bonds is 9. The zero-order valence-electron chi connectivity index (χ0n) is 24.5. The molecule has 1 aromatic rings. The van der Waals surface area contributed by atoms with Crippen molar-refractivity contribution in [2.75, 3.05) is 0 Å². The summed E-state index contributed by atoms with van der Waals surface area (Å²) in [5.41, 5.74) is -2.10. The SMILES string of the molecule is C[C@]12C=CC(=O)C=C1CC[C@@H]1C2[C@@H](O)C[C@@]2(C)[C@H]1CC[C@]2(O)C(=O)[CH]C[C@@H](NC(=O)C(Cl)Cl)[C@H](O)c1ccc([N+](=O)[O-])cc1. The number of Topliss-reactive ketones (excluding diaryl/α,β-unsaturated/α-hetero) is 1. The quantitative estimate of drug-likeness (QED) is 0.177. The van der Waals surface area contributed by atoms with E-state index in [4.69, 9.17) is 23.2 Å². The highest BCUT2D eigenvalue weighted by molar-refractivity contribution is 6.53. The van der Waals surface area contributed by atoms with Gasteiger partial charge in [0, 0.05) is 35.3 Å². The predicted molar refractivity (Wildman–Crippen MR) is 162 cm³/mol. The van der Waals surface area contributed by atoms with E-state index in [1.807, 2.05) is 13.0 Å². The van der Waals surface area contributed by atoms with Gasteiger partial charge in [-0.2, -0.15) is 0 Å². The van der Waals surface area contributed by atoms with Crippen molar-refractivity contribution in [2.24, 2.45) is 28.6 Å². The molecule has 0 heterocycles. The maximum absolute atomic E-state index is 13.9. The van der Waals surface area contributed by atoms with Crippen LogP contribution in [0.15, 0.2) is 48.1 Å².